The van der Waals surface area contributed by atoms with Crippen LogP contribution in [0.4, 0.5) is 5.69 Å². The summed E-state index contributed by atoms with van der Waals surface area (Å²) < 4.78 is 32.7. The number of hydrogen-bond donors (Lipinski definition) is 1. The second-order valence-corrected chi connectivity index (χ2v) is 10.8. The second-order valence-electron chi connectivity index (χ2n) is 7.76. The van der Waals surface area contributed by atoms with Gasteiger partial charge in [-0.15, -0.1) is 11.3 Å². The average molecular weight is 461 g/mol. The molecule has 0 saturated carbocycles. The van der Waals surface area contributed by atoms with E-state index in [-0.39, 0.29) is 16.0 Å². The predicted octanol–water partition coefficient (Wildman–Crippen LogP) is 3.76. The number of carbonyl (C=O) groups is 1. The fraction of sp³-hybridized carbons (Fsp3) is 0.381. The number of aryl methyl sites for hydroxylation is 3. The summed E-state index contributed by atoms with van der Waals surface area (Å²) in [5, 5.41) is 8.51. The first-order chi connectivity index (χ1) is 14.7. The van der Waals surface area contributed by atoms with Gasteiger partial charge < -0.3 is 9.84 Å². The number of sulfonamides is 1. The Morgan fingerprint density at radius 1 is 1.16 bits per heavy atom. The Morgan fingerprint density at radius 2 is 1.90 bits per heavy atom. The summed E-state index contributed by atoms with van der Waals surface area (Å²) in [6, 6.07) is 7.39. The number of aromatic nitrogens is 2. The lowest BCUT2D eigenvalue weighted by Crippen LogP contribution is -2.41. The molecule has 1 aliphatic heterocycles. The highest BCUT2D eigenvalue weighted by Gasteiger charge is 2.33. The molecule has 164 valence electrons. The number of piperidine rings is 1. The largest absolute Gasteiger partial charge is 0.339 e. The van der Waals surface area contributed by atoms with Gasteiger partial charge in [-0.2, -0.15) is 9.29 Å². The molecule has 2 aromatic heterocycles. The van der Waals surface area contributed by atoms with Gasteiger partial charge in [-0.3, -0.25) is 4.79 Å². The molecule has 8 nitrogen and oxygen atoms in total. The average Bonchev–Trinajstić information content (AvgIpc) is 3.40. The number of nitrogens with one attached hydrogen (secondary N) is 1. The first kappa shape index (κ1) is 21.7. The highest BCUT2D eigenvalue weighted by atomic mass is 32.2. The van der Waals surface area contributed by atoms with Gasteiger partial charge in [0.15, 0.2) is 0 Å². The molecule has 1 amide bonds. The van der Waals surface area contributed by atoms with E-state index in [1.165, 1.54) is 9.87 Å². The number of anilines is 1. The van der Waals surface area contributed by atoms with Crippen molar-refractivity contribution in [3.05, 3.63) is 46.7 Å². The molecule has 0 atom stereocenters. The Kier molecular flexibility index (Phi) is 5.96. The van der Waals surface area contributed by atoms with Gasteiger partial charge in [0.05, 0.1) is 0 Å². The quantitative estimate of drug-likeness (QED) is 0.621. The van der Waals surface area contributed by atoms with E-state index in [0.29, 0.717) is 43.2 Å². The second kappa shape index (κ2) is 8.52. The minimum Gasteiger partial charge on any atom is -0.339 e. The molecule has 10 heteroatoms. The summed E-state index contributed by atoms with van der Waals surface area (Å²) in [6.45, 7) is 6.33. The molecule has 1 N–H and O–H groups in total. The zero-order valence-corrected chi connectivity index (χ0v) is 19.2. The molecular weight excluding hydrogens is 436 g/mol. The number of carbonyl (C=O) groups excluding carboxylic acids is 1. The summed E-state index contributed by atoms with van der Waals surface area (Å²) in [6.07, 6.45) is 0.969. The zero-order chi connectivity index (χ0) is 22.2. The Labute approximate surface area is 185 Å². The number of hydrogen-bond acceptors (Lipinski definition) is 7. The van der Waals surface area contributed by atoms with Crippen LogP contribution in [0.2, 0.25) is 0 Å². The SMILES string of the molecule is Cc1nc(-c2csc(S(=O)(=O)N3CCC(C(=O)Nc4ccc(C)c(C)c4)CC3)c2)no1. The molecule has 4 rings (SSSR count). The van der Waals surface area contributed by atoms with Gasteiger partial charge in [0.2, 0.25) is 17.6 Å². The van der Waals surface area contributed by atoms with Crippen LogP contribution in [0.1, 0.15) is 29.9 Å². The molecule has 0 unspecified atom stereocenters. The van der Waals surface area contributed by atoms with Gasteiger partial charge in [-0.25, -0.2) is 8.42 Å². The van der Waals surface area contributed by atoms with Crippen molar-refractivity contribution in [2.45, 2.75) is 37.8 Å². The third kappa shape index (κ3) is 4.56. The van der Waals surface area contributed by atoms with E-state index in [2.05, 4.69) is 15.5 Å². The normalized spacial score (nSPS) is 15.8. The standard InChI is InChI=1S/C21H24N4O4S2/c1-13-4-5-18(10-14(13)2)23-21(26)16-6-8-25(9-7-16)31(27,28)19-11-17(12-30-19)20-22-15(3)29-24-20/h4-5,10-12,16H,6-9H2,1-3H3,(H,23,26). The fourth-order valence-corrected chi connectivity index (χ4v) is 6.32. The monoisotopic (exact) mass is 460 g/mol. The number of nitrogens with zero attached hydrogens (tertiary/aromatic N) is 3. The van der Waals surface area contributed by atoms with Gasteiger partial charge in [0, 0.05) is 42.6 Å². The summed E-state index contributed by atoms with van der Waals surface area (Å²) in [4.78, 5) is 16.8. The third-order valence-corrected chi connectivity index (χ3v) is 8.87. The molecule has 0 radical (unpaired) electrons. The van der Waals surface area contributed by atoms with E-state index in [4.69, 9.17) is 4.52 Å². The van der Waals surface area contributed by atoms with Crippen molar-refractivity contribution in [1.82, 2.24) is 14.4 Å². The van der Waals surface area contributed by atoms with Crippen LogP contribution >= 0.6 is 11.3 Å². The number of thiophene rings is 1. The minimum atomic E-state index is -3.63. The molecule has 1 fully saturated rings. The molecule has 3 heterocycles. The van der Waals surface area contributed by atoms with Gasteiger partial charge in [-0.05, 0) is 56.0 Å². The number of amides is 1. The Balaban J connectivity index is 1.39. The van der Waals surface area contributed by atoms with Crippen molar-refractivity contribution in [2.24, 2.45) is 5.92 Å². The van der Waals surface area contributed by atoms with Crippen LogP contribution in [0.15, 0.2) is 38.4 Å². The maximum atomic E-state index is 13.0. The van der Waals surface area contributed by atoms with E-state index in [0.717, 1.165) is 22.6 Å². The maximum Gasteiger partial charge on any atom is 0.252 e. The summed E-state index contributed by atoms with van der Waals surface area (Å²) in [5.41, 5.74) is 3.67. The van der Waals surface area contributed by atoms with Crippen LogP contribution in [-0.4, -0.2) is 41.9 Å². The smallest absolute Gasteiger partial charge is 0.252 e. The molecule has 0 bridgehead atoms. The number of rotatable bonds is 5. The lowest BCUT2D eigenvalue weighted by atomic mass is 9.97. The van der Waals surface area contributed by atoms with Gasteiger partial charge in [0.1, 0.15) is 4.21 Å². The van der Waals surface area contributed by atoms with Crippen LogP contribution < -0.4 is 5.32 Å². The van der Waals surface area contributed by atoms with Gasteiger partial charge >= 0.3 is 0 Å². The van der Waals surface area contributed by atoms with E-state index >= 15 is 0 Å². The van der Waals surface area contributed by atoms with Crippen LogP contribution in [0, 0.1) is 26.7 Å². The van der Waals surface area contributed by atoms with Crippen LogP contribution in [0.25, 0.3) is 11.4 Å². The lowest BCUT2D eigenvalue weighted by molar-refractivity contribution is -0.120. The fourth-order valence-electron chi connectivity index (χ4n) is 3.53. The van der Waals surface area contributed by atoms with E-state index in [1.807, 2.05) is 32.0 Å². The summed E-state index contributed by atoms with van der Waals surface area (Å²) in [7, 11) is -3.63. The highest BCUT2D eigenvalue weighted by Crippen LogP contribution is 2.31. The van der Waals surface area contributed by atoms with Crippen LogP contribution in [-0.2, 0) is 14.8 Å². The Morgan fingerprint density at radius 3 is 2.55 bits per heavy atom. The van der Waals surface area contributed by atoms with Crippen molar-refractivity contribution >= 4 is 33.0 Å². The van der Waals surface area contributed by atoms with Crippen molar-refractivity contribution in [2.75, 3.05) is 18.4 Å². The molecule has 1 aliphatic rings. The molecular formula is C21H24N4O4S2. The van der Waals surface area contributed by atoms with E-state index in [9.17, 15) is 13.2 Å². The molecule has 3 aromatic rings. The topological polar surface area (TPSA) is 105 Å². The molecule has 0 aliphatic carbocycles. The van der Waals surface area contributed by atoms with Crippen LogP contribution in [0.3, 0.4) is 0 Å². The van der Waals surface area contributed by atoms with E-state index < -0.39 is 10.0 Å². The van der Waals surface area contributed by atoms with Crippen molar-refractivity contribution in [3.63, 3.8) is 0 Å². The number of benzene rings is 1. The molecule has 1 saturated heterocycles. The molecule has 31 heavy (non-hydrogen) atoms. The summed E-state index contributed by atoms with van der Waals surface area (Å²) >= 11 is 1.13. The lowest BCUT2D eigenvalue weighted by Gasteiger charge is -2.30. The molecule has 0 spiro atoms. The third-order valence-electron chi connectivity index (χ3n) is 5.55. The van der Waals surface area contributed by atoms with Crippen LogP contribution in [0.5, 0.6) is 0 Å². The predicted molar refractivity (Wildman–Crippen MR) is 118 cm³/mol. The van der Waals surface area contributed by atoms with E-state index in [1.54, 1.807) is 18.4 Å². The first-order valence-electron chi connectivity index (χ1n) is 10.0. The molecule has 1 aromatic carbocycles. The summed E-state index contributed by atoms with van der Waals surface area (Å²) in [5.74, 6) is 0.518. The van der Waals surface area contributed by atoms with Crippen molar-refractivity contribution in [1.29, 1.82) is 0 Å². The van der Waals surface area contributed by atoms with Gasteiger partial charge in [0.25, 0.3) is 10.0 Å². The highest BCUT2D eigenvalue weighted by molar-refractivity contribution is 7.91. The Hall–Kier alpha value is -2.56. The first-order valence-corrected chi connectivity index (χ1v) is 12.3. The maximum absolute atomic E-state index is 13.0. The van der Waals surface area contributed by atoms with Crippen molar-refractivity contribution in [3.8, 4) is 11.4 Å². The van der Waals surface area contributed by atoms with Gasteiger partial charge in [-0.1, -0.05) is 11.2 Å². The Bertz CT molecular complexity index is 1210. The minimum absolute atomic E-state index is 0.0637. The zero-order valence-electron chi connectivity index (χ0n) is 17.6. The van der Waals surface area contributed by atoms with Crippen molar-refractivity contribution < 1.29 is 17.7 Å².